The quantitative estimate of drug-likeness (QED) is 0.850. The van der Waals surface area contributed by atoms with Crippen LogP contribution in [0, 0.1) is 0 Å². The molecule has 0 aromatic heterocycles. The van der Waals surface area contributed by atoms with Gasteiger partial charge in [0.25, 0.3) is 0 Å². The smallest absolute Gasteiger partial charge is 0.339 e. The number of benzene rings is 1. The molecule has 1 aromatic carbocycles. The molecule has 0 saturated carbocycles. The van der Waals surface area contributed by atoms with Crippen LogP contribution in [0.25, 0.3) is 0 Å². The number of hydrogen-bond acceptors (Lipinski definition) is 5. The second-order valence-corrected chi connectivity index (χ2v) is 4.87. The van der Waals surface area contributed by atoms with E-state index in [0.717, 1.165) is 30.6 Å². The first-order valence-electron chi connectivity index (χ1n) is 6.85. The summed E-state index contributed by atoms with van der Waals surface area (Å²) in [5.74, 6) is -0.0514. The van der Waals surface area contributed by atoms with Crippen LogP contribution in [0.4, 0.5) is 5.69 Å². The summed E-state index contributed by atoms with van der Waals surface area (Å²) in [6.45, 7) is 2.95. The first kappa shape index (κ1) is 14.7. The van der Waals surface area contributed by atoms with Crippen molar-refractivity contribution < 1.29 is 19.4 Å². The molecule has 1 aromatic rings. The summed E-state index contributed by atoms with van der Waals surface area (Å²) in [5, 5.41) is 10.1. The highest BCUT2D eigenvalue weighted by Crippen LogP contribution is 2.38. The Bertz CT molecular complexity index is 501. The second-order valence-electron chi connectivity index (χ2n) is 4.87. The summed E-state index contributed by atoms with van der Waals surface area (Å²) >= 11 is 0. The van der Waals surface area contributed by atoms with Crippen molar-refractivity contribution in [2.24, 2.45) is 0 Å². The van der Waals surface area contributed by atoms with Crippen LogP contribution in [0.15, 0.2) is 12.1 Å². The Balaban J connectivity index is 2.42. The molecular formula is C15H21NO4. The van der Waals surface area contributed by atoms with Crippen LogP contribution in [0.2, 0.25) is 0 Å². The molecule has 5 heteroatoms. The number of aliphatic hydroxyl groups is 1. The van der Waals surface area contributed by atoms with E-state index in [1.807, 2.05) is 13.1 Å². The second kappa shape index (κ2) is 6.13. The van der Waals surface area contributed by atoms with Crippen molar-refractivity contribution >= 4 is 11.7 Å². The molecule has 1 atom stereocenters. The third kappa shape index (κ3) is 2.58. The standard InChI is InChI=1S/C15H21NO4/c1-4-20-15(18)13(17)11-7-8-12-10(14(11)19-3)6-5-9-16(12)2/h7-8,13,17H,4-6,9H2,1-3H3. The van der Waals surface area contributed by atoms with E-state index in [1.54, 1.807) is 20.1 Å². The first-order chi connectivity index (χ1) is 9.60. The maximum Gasteiger partial charge on any atom is 0.339 e. The molecule has 0 saturated heterocycles. The minimum atomic E-state index is -1.30. The summed E-state index contributed by atoms with van der Waals surface area (Å²) in [6.07, 6.45) is 0.604. The Labute approximate surface area is 119 Å². The lowest BCUT2D eigenvalue weighted by Crippen LogP contribution is -2.26. The minimum Gasteiger partial charge on any atom is -0.496 e. The Hall–Kier alpha value is -1.75. The van der Waals surface area contributed by atoms with E-state index in [-0.39, 0.29) is 6.61 Å². The number of ether oxygens (including phenoxy) is 2. The molecule has 110 valence electrons. The van der Waals surface area contributed by atoms with E-state index < -0.39 is 12.1 Å². The van der Waals surface area contributed by atoms with Gasteiger partial charge >= 0.3 is 5.97 Å². The monoisotopic (exact) mass is 279 g/mol. The number of carbonyl (C=O) groups excluding carboxylic acids is 1. The van der Waals surface area contributed by atoms with Crippen LogP contribution in [-0.4, -0.2) is 38.4 Å². The van der Waals surface area contributed by atoms with Gasteiger partial charge < -0.3 is 19.5 Å². The molecular weight excluding hydrogens is 258 g/mol. The summed E-state index contributed by atoms with van der Waals surface area (Å²) in [4.78, 5) is 13.9. The Morgan fingerprint density at radius 2 is 2.25 bits per heavy atom. The van der Waals surface area contributed by atoms with E-state index in [1.165, 1.54) is 0 Å². The van der Waals surface area contributed by atoms with Crippen LogP contribution in [0.5, 0.6) is 5.75 Å². The highest BCUT2D eigenvalue weighted by Gasteiger charge is 2.27. The molecule has 2 rings (SSSR count). The largest absolute Gasteiger partial charge is 0.496 e. The van der Waals surface area contributed by atoms with Crippen molar-refractivity contribution in [2.75, 3.05) is 32.2 Å². The van der Waals surface area contributed by atoms with Crippen molar-refractivity contribution in [2.45, 2.75) is 25.9 Å². The fourth-order valence-electron chi connectivity index (χ4n) is 2.65. The van der Waals surface area contributed by atoms with E-state index in [2.05, 4.69) is 4.90 Å². The Morgan fingerprint density at radius 1 is 1.50 bits per heavy atom. The van der Waals surface area contributed by atoms with Crippen molar-refractivity contribution in [1.29, 1.82) is 0 Å². The van der Waals surface area contributed by atoms with Gasteiger partial charge in [-0.05, 0) is 25.8 Å². The van der Waals surface area contributed by atoms with Crippen LogP contribution < -0.4 is 9.64 Å². The lowest BCUT2D eigenvalue weighted by molar-refractivity contribution is -0.153. The van der Waals surface area contributed by atoms with E-state index in [0.29, 0.717) is 11.3 Å². The number of esters is 1. The average Bonchev–Trinajstić information content (AvgIpc) is 2.46. The number of methoxy groups -OCH3 is 1. The molecule has 1 heterocycles. The van der Waals surface area contributed by atoms with Gasteiger partial charge in [0, 0.05) is 30.4 Å². The number of nitrogens with zero attached hydrogens (tertiary/aromatic N) is 1. The van der Waals surface area contributed by atoms with Crippen LogP contribution in [0.1, 0.15) is 30.6 Å². The maximum absolute atomic E-state index is 11.7. The van der Waals surface area contributed by atoms with Gasteiger partial charge in [-0.3, -0.25) is 0 Å². The van der Waals surface area contributed by atoms with Gasteiger partial charge in [0.15, 0.2) is 6.10 Å². The zero-order chi connectivity index (χ0) is 14.7. The van der Waals surface area contributed by atoms with Gasteiger partial charge in [0.05, 0.1) is 13.7 Å². The van der Waals surface area contributed by atoms with Gasteiger partial charge in [-0.1, -0.05) is 6.07 Å². The molecule has 1 N–H and O–H groups in total. The Kier molecular flexibility index (Phi) is 4.49. The van der Waals surface area contributed by atoms with Crippen LogP contribution in [-0.2, 0) is 16.0 Å². The number of anilines is 1. The molecule has 1 unspecified atom stereocenters. The lowest BCUT2D eigenvalue weighted by Gasteiger charge is -2.30. The third-order valence-corrected chi connectivity index (χ3v) is 3.61. The fraction of sp³-hybridized carbons (Fsp3) is 0.533. The molecule has 0 amide bonds. The predicted molar refractivity (Wildman–Crippen MR) is 76.2 cm³/mol. The zero-order valence-electron chi connectivity index (χ0n) is 12.2. The summed E-state index contributed by atoms with van der Waals surface area (Å²) < 4.78 is 10.3. The number of rotatable bonds is 4. The van der Waals surface area contributed by atoms with E-state index >= 15 is 0 Å². The highest BCUT2D eigenvalue weighted by atomic mass is 16.5. The highest BCUT2D eigenvalue weighted by molar-refractivity contribution is 5.78. The molecule has 20 heavy (non-hydrogen) atoms. The average molecular weight is 279 g/mol. The number of fused-ring (bicyclic) bond motifs is 1. The van der Waals surface area contributed by atoms with Crippen LogP contribution >= 0.6 is 0 Å². The van der Waals surface area contributed by atoms with Gasteiger partial charge in [0.2, 0.25) is 0 Å². The first-order valence-corrected chi connectivity index (χ1v) is 6.85. The number of carbonyl (C=O) groups is 1. The van der Waals surface area contributed by atoms with Gasteiger partial charge in [-0.2, -0.15) is 0 Å². The third-order valence-electron chi connectivity index (χ3n) is 3.61. The molecule has 0 fully saturated rings. The van der Waals surface area contributed by atoms with Gasteiger partial charge in [-0.25, -0.2) is 4.79 Å². The number of aliphatic hydroxyl groups excluding tert-OH is 1. The van der Waals surface area contributed by atoms with Gasteiger partial charge in [-0.15, -0.1) is 0 Å². The normalized spacial score (nSPS) is 15.5. The molecule has 0 aliphatic carbocycles. The predicted octanol–water partition coefficient (Wildman–Crippen LogP) is 1.67. The zero-order valence-corrected chi connectivity index (χ0v) is 12.2. The van der Waals surface area contributed by atoms with Crippen molar-refractivity contribution in [3.05, 3.63) is 23.3 Å². The summed E-state index contributed by atoms with van der Waals surface area (Å²) in [7, 11) is 3.59. The fourth-order valence-corrected chi connectivity index (χ4v) is 2.65. The molecule has 0 bridgehead atoms. The molecule has 1 aliphatic rings. The lowest BCUT2D eigenvalue weighted by atomic mass is 9.95. The van der Waals surface area contributed by atoms with E-state index in [9.17, 15) is 9.90 Å². The van der Waals surface area contributed by atoms with Crippen molar-refractivity contribution in [1.82, 2.24) is 0 Å². The molecule has 0 radical (unpaired) electrons. The summed E-state index contributed by atoms with van der Waals surface area (Å²) in [6, 6.07) is 3.66. The minimum absolute atomic E-state index is 0.242. The van der Waals surface area contributed by atoms with Gasteiger partial charge in [0.1, 0.15) is 5.75 Å². The molecule has 0 spiro atoms. The topological polar surface area (TPSA) is 59.0 Å². The maximum atomic E-state index is 11.7. The Morgan fingerprint density at radius 3 is 2.90 bits per heavy atom. The number of hydrogen-bond donors (Lipinski definition) is 1. The van der Waals surface area contributed by atoms with E-state index in [4.69, 9.17) is 9.47 Å². The molecule has 1 aliphatic heterocycles. The SMILES string of the molecule is CCOC(=O)C(O)c1ccc2c(c1OC)CCCN2C. The van der Waals surface area contributed by atoms with Crippen molar-refractivity contribution in [3.63, 3.8) is 0 Å². The van der Waals surface area contributed by atoms with Crippen molar-refractivity contribution in [3.8, 4) is 5.75 Å². The van der Waals surface area contributed by atoms with Crippen LogP contribution in [0.3, 0.4) is 0 Å². The molecule has 5 nitrogen and oxygen atoms in total. The summed E-state index contributed by atoms with van der Waals surface area (Å²) in [5.41, 5.74) is 2.61.